The molecule has 2 heteroatoms. The summed E-state index contributed by atoms with van der Waals surface area (Å²) in [6, 6.07) is 64.5. The van der Waals surface area contributed by atoms with Gasteiger partial charge in [-0.1, -0.05) is 164 Å². The lowest BCUT2D eigenvalue weighted by atomic mass is 9.91. The van der Waals surface area contributed by atoms with Crippen LogP contribution in [0.2, 0.25) is 0 Å². The molecule has 1 aromatic heterocycles. The van der Waals surface area contributed by atoms with E-state index in [9.17, 15) is 0 Å². The van der Waals surface area contributed by atoms with Gasteiger partial charge in [0, 0.05) is 16.7 Å². The van der Waals surface area contributed by atoms with Crippen molar-refractivity contribution < 1.29 is 0 Å². The summed E-state index contributed by atoms with van der Waals surface area (Å²) >= 11 is 0. The Morgan fingerprint density at radius 3 is 1.56 bits per heavy atom. The molecule has 2 nitrogen and oxygen atoms in total. The van der Waals surface area contributed by atoms with Crippen LogP contribution in [0.1, 0.15) is 0 Å². The van der Waals surface area contributed by atoms with E-state index < -0.39 is 0 Å². The van der Waals surface area contributed by atoms with E-state index in [-0.39, 0.29) is 0 Å². The second-order valence-electron chi connectivity index (χ2n) is 12.2. The number of hydrogen-bond donors (Lipinski definition) is 0. The molecule has 8 aromatic carbocycles. The highest BCUT2D eigenvalue weighted by Gasteiger charge is 2.18. The van der Waals surface area contributed by atoms with Gasteiger partial charge in [0.05, 0.1) is 11.4 Å². The lowest BCUT2D eigenvalue weighted by Gasteiger charge is -2.16. The van der Waals surface area contributed by atoms with Gasteiger partial charge in [0.25, 0.3) is 0 Å². The van der Waals surface area contributed by atoms with Crippen molar-refractivity contribution in [3.63, 3.8) is 0 Å². The van der Waals surface area contributed by atoms with Crippen molar-refractivity contribution in [3.8, 4) is 56.2 Å². The molecule has 0 N–H and O–H groups in total. The second kappa shape index (κ2) is 11.8. The van der Waals surface area contributed by atoms with Crippen LogP contribution in [0.4, 0.5) is 0 Å². The van der Waals surface area contributed by atoms with Crippen LogP contribution in [0.3, 0.4) is 0 Å². The molecule has 0 atom stereocenters. The highest BCUT2D eigenvalue weighted by molar-refractivity contribution is 6.19. The van der Waals surface area contributed by atoms with Crippen molar-refractivity contribution >= 4 is 32.3 Å². The van der Waals surface area contributed by atoms with Gasteiger partial charge in [0.2, 0.25) is 0 Å². The Balaban J connectivity index is 1.34. The summed E-state index contributed by atoms with van der Waals surface area (Å²) in [5.41, 5.74) is 9.65. The summed E-state index contributed by atoms with van der Waals surface area (Å²) in [6.45, 7) is 0. The highest BCUT2D eigenvalue weighted by Crippen LogP contribution is 2.41. The maximum atomic E-state index is 5.41. The molecule has 0 saturated carbocycles. The fourth-order valence-corrected chi connectivity index (χ4v) is 6.95. The van der Waals surface area contributed by atoms with Crippen LogP contribution in [0.15, 0.2) is 182 Å². The maximum Gasteiger partial charge on any atom is 0.161 e. The van der Waals surface area contributed by atoms with Gasteiger partial charge in [-0.05, 0) is 72.8 Å². The standard InChI is InChI=1S/C46H30N2/c1-4-14-31(15-5-1)38-26-25-36(29-41(38)32-16-6-2-7-17-32)44-30-43(34-19-8-3-9-20-34)47-46(48-44)45-39-23-13-11-21-35(39)28-42-37-22-12-10-18-33(37)24-27-40(42)45/h1-30H. The average Bonchev–Trinajstić information content (AvgIpc) is 3.17. The second-order valence-corrected chi connectivity index (χ2v) is 12.2. The summed E-state index contributed by atoms with van der Waals surface area (Å²) in [5, 5.41) is 7.11. The van der Waals surface area contributed by atoms with Crippen LogP contribution >= 0.6 is 0 Å². The molecule has 0 unspecified atom stereocenters. The minimum absolute atomic E-state index is 0.719. The highest BCUT2D eigenvalue weighted by atomic mass is 14.9. The Labute approximate surface area is 279 Å². The number of benzene rings is 8. The third kappa shape index (κ3) is 4.92. The zero-order chi connectivity index (χ0) is 31.9. The minimum Gasteiger partial charge on any atom is -0.228 e. The van der Waals surface area contributed by atoms with Gasteiger partial charge in [0.15, 0.2) is 5.82 Å². The zero-order valence-electron chi connectivity index (χ0n) is 26.2. The van der Waals surface area contributed by atoms with Crippen LogP contribution in [0.5, 0.6) is 0 Å². The predicted molar refractivity (Wildman–Crippen MR) is 202 cm³/mol. The van der Waals surface area contributed by atoms with E-state index in [4.69, 9.17) is 9.97 Å². The molecule has 48 heavy (non-hydrogen) atoms. The third-order valence-electron chi connectivity index (χ3n) is 9.27. The van der Waals surface area contributed by atoms with E-state index in [1.165, 1.54) is 43.8 Å². The van der Waals surface area contributed by atoms with E-state index in [1.807, 2.05) is 6.07 Å². The van der Waals surface area contributed by atoms with Crippen LogP contribution in [-0.4, -0.2) is 9.97 Å². The van der Waals surface area contributed by atoms with Crippen molar-refractivity contribution in [2.24, 2.45) is 0 Å². The van der Waals surface area contributed by atoms with Gasteiger partial charge in [-0.2, -0.15) is 0 Å². The van der Waals surface area contributed by atoms with Gasteiger partial charge >= 0.3 is 0 Å². The third-order valence-corrected chi connectivity index (χ3v) is 9.27. The zero-order valence-corrected chi connectivity index (χ0v) is 26.2. The largest absolute Gasteiger partial charge is 0.228 e. The van der Waals surface area contributed by atoms with Crippen LogP contribution in [-0.2, 0) is 0 Å². The van der Waals surface area contributed by atoms with E-state index in [0.29, 0.717) is 0 Å². The fourth-order valence-electron chi connectivity index (χ4n) is 6.95. The van der Waals surface area contributed by atoms with Gasteiger partial charge in [-0.25, -0.2) is 9.97 Å². The quantitative estimate of drug-likeness (QED) is 0.143. The Bertz CT molecular complexity index is 2590. The lowest BCUT2D eigenvalue weighted by molar-refractivity contribution is 1.19. The Kier molecular flexibility index (Phi) is 6.84. The monoisotopic (exact) mass is 610 g/mol. The van der Waals surface area contributed by atoms with Crippen molar-refractivity contribution in [2.75, 3.05) is 0 Å². The number of fused-ring (bicyclic) bond motifs is 4. The Morgan fingerprint density at radius 1 is 0.292 bits per heavy atom. The fraction of sp³-hybridized carbons (Fsp3) is 0. The first kappa shape index (κ1) is 27.9. The van der Waals surface area contributed by atoms with Crippen LogP contribution in [0, 0.1) is 0 Å². The summed E-state index contributed by atoms with van der Waals surface area (Å²) in [7, 11) is 0. The van der Waals surface area contributed by atoms with Gasteiger partial charge in [-0.3, -0.25) is 0 Å². The molecule has 0 bridgehead atoms. The van der Waals surface area contributed by atoms with E-state index in [1.54, 1.807) is 0 Å². The van der Waals surface area contributed by atoms with Crippen LogP contribution in [0.25, 0.3) is 88.5 Å². The molecule has 0 aliphatic rings. The number of rotatable bonds is 5. The molecule has 0 amide bonds. The summed E-state index contributed by atoms with van der Waals surface area (Å²) < 4.78 is 0. The Morgan fingerprint density at radius 2 is 0.854 bits per heavy atom. The summed E-state index contributed by atoms with van der Waals surface area (Å²) in [6.07, 6.45) is 0. The first-order valence-corrected chi connectivity index (χ1v) is 16.3. The van der Waals surface area contributed by atoms with Gasteiger partial charge in [0.1, 0.15) is 0 Å². The smallest absolute Gasteiger partial charge is 0.161 e. The Hall–Kier alpha value is -6.38. The minimum atomic E-state index is 0.719. The molecular weight excluding hydrogens is 581 g/mol. The maximum absolute atomic E-state index is 5.41. The average molecular weight is 611 g/mol. The molecule has 0 aliphatic heterocycles. The summed E-state index contributed by atoms with van der Waals surface area (Å²) in [5.74, 6) is 0.719. The molecular formula is C46H30N2. The molecule has 0 aliphatic carbocycles. The van der Waals surface area contributed by atoms with Crippen molar-refractivity contribution in [1.29, 1.82) is 0 Å². The van der Waals surface area contributed by atoms with E-state index in [0.717, 1.165) is 44.7 Å². The number of nitrogens with zero attached hydrogens (tertiary/aromatic N) is 2. The topological polar surface area (TPSA) is 25.8 Å². The van der Waals surface area contributed by atoms with E-state index >= 15 is 0 Å². The molecule has 0 fully saturated rings. The SMILES string of the molecule is c1ccc(-c2cc(-c3ccc(-c4ccccc4)c(-c4ccccc4)c3)nc(-c3c4ccccc4cc4c3ccc3ccccc34)n2)cc1. The molecule has 224 valence electrons. The number of hydrogen-bond acceptors (Lipinski definition) is 2. The van der Waals surface area contributed by atoms with E-state index in [2.05, 4.69) is 176 Å². The first-order valence-electron chi connectivity index (χ1n) is 16.3. The molecule has 0 saturated heterocycles. The van der Waals surface area contributed by atoms with Crippen molar-refractivity contribution in [2.45, 2.75) is 0 Å². The molecule has 0 spiro atoms. The predicted octanol–water partition coefficient (Wildman–Crippen LogP) is 12.3. The molecule has 1 heterocycles. The molecule has 0 radical (unpaired) electrons. The van der Waals surface area contributed by atoms with Crippen LogP contribution < -0.4 is 0 Å². The lowest BCUT2D eigenvalue weighted by Crippen LogP contribution is -1.98. The normalized spacial score (nSPS) is 11.3. The van der Waals surface area contributed by atoms with Crippen molar-refractivity contribution in [1.82, 2.24) is 9.97 Å². The number of aromatic nitrogens is 2. The molecule has 9 aromatic rings. The summed E-state index contributed by atoms with van der Waals surface area (Å²) in [4.78, 5) is 10.7. The van der Waals surface area contributed by atoms with Crippen molar-refractivity contribution in [3.05, 3.63) is 182 Å². The molecule has 9 rings (SSSR count). The first-order chi connectivity index (χ1) is 23.8. The van der Waals surface area contributed by atoms with Gasteiger partial charge < -0.3 is 0 Å². The van der Waals surface area contributed by atoms with Gasteiger partial charge in [-0.15, -0.1) is 0 Å².